The molecule has 43 heavy (non-hydrogen) atoms. The number of urea groups is 1. The van der Waals surface area contributed by atoms with Crippen LogP contribution in [0.25, 0.3) is 10.8 Å². The molecule has 0 saturated carbocycles. The average Bonchev–Trinajstić information content (AvgIpc) is 3.45. The van der Waals surface area contributed by atoms with Gasteiger partial charge < -0.3 is 10.2 Å². The minimum absolute atomic E-state index is 0.0118. The number of nitrogens with zero attached hydrogens (tertiary/aromatic N) is 2. The first-order chi connectivity index (χ1) is 20.7. The van der Waals surface area contributed by atoms with Crippen molar-refractivity contribution in [3.8, 4) is 0 Å². The number of hydrogen-bond acceptors (Lipinski definition) is 5. The minimum atomic E-state index is -4.23. The second-order valence-corrected chi connectivity index (χ2v) is 12.1. The number of nitrogens with one attached hydrogen (secondary N) is 2. The van der Waals surface area contributed by atoms with Crippen molar-refractivity contribution in [2.24, 2.45) is 5.92 Å². The van der Waals surface area contributed by atoms with Crippen LogP contribution in [-0.4, -0.2) is 50.8 Å². The number of hydrogen-bond donors (Lipinski definition) is 2. The maximum atomic E-state index is 13.4. The Hall–Kier alpha value is -4.70. The van der Waals surface area contributed by atoms with Crippen LogP contribution in [0, 0.1) is 5.92 Å². The fourth-order valence-electron chi connectivity index (χ4n) is 5.34. The van der Waals surface area contributed by atoms with Crippen LogP contribution in [0.5, 0.6) is 0 Å². The first-order valence-electron chi connectivity index (χ1n) is 14.3. The minimum Gasteiger partial charge on any atom is -0.343 e. The van der Waals surface area contributed by atoms with Gasteiger partial charge in [-0.05, 0) is 78.9 Å². The summed E-state index contributed by atoms with van der Waals surface area (Å²) in [7, 11) is -4.23. The first kappa shape index (κ1) is 29.8. The maximum absolute atomic E-state index is 13.4. The van der Waals surface area contributed by atoms with E-state index in [2.05, 4.69) is 10.0 Å². The molecule has 0 aliphatic carbocycles. The lowest BCUT2D eigenvalue weighted by atomic mass is 9.97. The van der Waals surface area contributed by atoms with Crippen LogP contribution in [0.1, 0.15) is 25.0 Å². The Morgan fingerprint density at radius 3 is 2.26 bits per heavy atom. The molecule has 1 aliphatic heterocycles. The Bertz CT molecular complexity index is 1770. The molecule has 1 atom stereocenters. The summed E-state index contributed by atoms with van der Waals surface area (Å²) >= 11 is 0. The summed E-state index contributed by atoms with van der Waals surface area (Å²) in [5.74, 6) is -2.62. The Morgan fingerprint density at radius 1 is 0.860 bits per heavy atom. The first-order valence-corrected chi connectivity index (χ1v) is 15.8. The molecule has 0 fully saturated rings. The van der Waals surface area contributed by atoms with Gasteiger partial charge >= 0.3 is 6.03 Å². The zero-order chi connectivity index (χ0) is 30.6. The molecule has 2 N–H and O–H groups in total. The van der Waals surface area contributed by atoms with Crippen LogP contribution in [0.3, 0.4) is 0 Å². The topological polar surface area (TPSA) is 116 Å². The predicted octanol–water partition coefficient (Wildman–Crippen LogP) is 4.97. The molecule has 1 unspecified atom stereocenters. The number of carbonyl (C=O) groups excluding carboxylic acids is 3. The highest BCUT2D eigenvalue weighted by molar-refractivity contribution is 7.90. The van der Waals surface area contributed by atoms with E-state index in [9.17, 15) is 22.8 Å². The number of amides is 4. The lowest BCUT2D eigenvalue weighted by Crippen LogP contribution is -2.46. The maximum Gasteiger partial charge on any atom is 0.326 e. The standard InChI is InChI=1S/C33H34N4O5S/c1-3-36(4-2)32(39)29(31(38)35-43(41,42)28-18-15-24-9-5-6-11-26(24)22-28)21-23-13-16-27(17-14-23)34-33(40)37-20-19-25-10-7-8-12-30(25)37/h5-18,22,29H,3-4,19-21H2,1-2H3,(H,34,40)(H,35,38). The summed E-state index contributed by atoms with van der Waals surface area (Å²) in [6.07, 6.45) is 0.783. The van der Waals surface area contributed by atoms with Crippen molar-refractivity contribution in [1.82, 2.24) is 9.62 Å². The number of carbonyl (C=O) groups is 3. The van der Waals surface area contributed by atoms with E-state index in [-0.39, 0.29) is 17.3 Å². The van der Waals surface area contributed by atoms with Crippen molar-refractivity contribution in [2.75, 3.05) is 29.9 Å². The van der Waals surface area contributed by atoms with E-state index in [0.717, 1.165) is 28.4 Å². The molecule has 1 heterocycles. The van der Waals surface area contributed by atoms with Gasteiger partial charge in [-0.1, -0.05) is 60.7 Å². The molecule has 9 nitrogen and oxygen atoms in total. The number of sulfonamides is 1. The molecule has 4 aromatic rings. The predicted molar refractivity (Wildman–Crippen MR) is 167 cm³/mol. The Morgan fingerprint density at radius 2 is 1.53 bits per heavy atom. The van der Waals surface area contributed by atoms with Crippen LogP contribution in [0.4, 0.5) is 16.2 Å². The molecular weight excluding hydrogens is 564 g/mol. The van der Waals surface area contributed by atoms with Crippen molar-refractivity contribution in [1.29, 1.82) is 0 Å². The summed E-state index contributed by atoms with van der Waals surface area (Å²) < 4.78 is 28.6. The van der Waals surface area contributed by atoms with Crippen molar-refractivity contribution in [2.45, 2.75) is 31.6 Å². The van der Waals surface area contributed by atoms with Gasteiger partial charge in [-0.2, -0.15) is 0 Å². The highest BCUT2D eigenvalue weighted by Gasteiger charge is 2.33. The highest BCUT2D eigenvalue weighted by atomic mass is 32.2. The van der Waals surface area contributed by atoms with E-state index in [1.165, 1.54) is 17.0 Å². The third kappa shape index (κ3) is 6.54. The molecule has 0 aromatic heterocycles. The van der Waals surface area contributed by atoms with Crippen molar-refractivity contribution >= 4 is 50.0 Å². The number of para-hydroxylation sites is 1. The third-order valence-corrected chi connectivity index (χ3v) is 9.08. The van der Waals surface area contributed by atoms with Gasteiger partial charge in [0.15, 0.2) is 0 Å². The van der Waals surface area contributed by atoms with Crippen molar-refractivity contribution in [3.63, 3.8) is 0 Å². The number of fused-ring (bicyclic) bond motifs is 2. The second-order valence-electron chi connectivity index (χ2n) is 10.4. The molecule has 0 radical (unpaired) electrons. The monoisotopic (exact) mass is 598 g/mol. The van der Waals surface area contributed by atoms with E-state index in [1.54, 1.807) is 61.2 Å². The normalized spacial score (nSPS) is 13.3. The number of anilines is 2. The SMILES string of the molecule is CCN(CC)C(=O)C(Cc1ccc(NC(=O)N2CCc3ccccc32)cc1)C(=O)NS(=O)(=O)c1ccc2ccccc2c1. The quantitative estimate of drug-likeness (QED) is 0.264. The summed E-state index contributed by atoms with van der Waals surface area (Å²) in [6.45, 7) is 4.95. The fourth-order valence-corrected chi connectivity index (χ4v) is 6.40. The molecule has 5 rings (SSSR count). The van der Waals surface area contributed by atoms with Crippen LogP contribution in [0.2, 0.25) is 0 Å². The molecule has 10 heteroatoms. The van der Waals surface area contributed by atoms with Gasteiger partial charge in [0, 0.05) is 31.0 Å². The molecule has 222 valence electrons. The van der Waals surface area contributed by atoms with Crippen molar-refractivity contribution < 1.29 is 22.8 Å². The molecule has 4 aromatic carbocycles. The van der Waals surface area contributed by atoms with E-state index >= 15 is 0 Å². The van der Waals surface area contributed by atoms with E-state index in [0.29, 0.717) is 30.9 Å². The third-order valence-electron chi connectivity index (χ3n) is 7.73. The fraction of sp³-hybridized carbons (Fsp3) is 0.242. The van der Waals surface area contributed by atoms with Crippen molar-refractivity contribution in [3.05, 3.63) is 102 Å². The van der Waals surface area contributed by atoms with Gasteiger partial charge in [-0.3, -0.25) is 14.5 Å². The molecule has 0 saturated heterocycles. The smallest absolute Gasteiger partial charge is 0.326 e. The van der Waals surface area contributed by atoms with Gasteiger partial charge in [0.1, 0.15) is 5.92 Å². The van der Waals surface area contributed by atoms with Gasteiger partial charge in [-0.15, -0.1) is 0 Å². The molecule has 0 spiro atoms. The Labute approximate surface area is 251 Å². The van der Waals surface area contributed by atoms with Gasteiger partial charge in [0.05, 0.1) is 4.90 Å². The summed E-state index contributed by atoms with van der Waals surface area (Å²) in [6, 6.07) is 26.3. The molecule has 1 aliphatic rings. The Balaban J connectivity index is 1.32. The number of rotatable bonds is 9. The van der Waals surface area contributed by atoms with E-state index in [1.807, 2.05) is 36.4 Å². The zero-order valence-electron chi connectivity index (χ0n) is 24.1. The summed E-state index contributed by atoms with van der Waals surface area (Å²) in [5, 5.41) is 4.49. The summed E-state index contributed by atoms with van der Waals surface area (Å²) in [5.41, 5.74) is 3.22. The van der Waals surface area contributed by atoms with E-state index < -0.39 is 27.8 Å². The molecule has 0 bridgehead atoms. The van der Waals surface area contributed by atoms with Crippen LogP contribution in [0.15, 0.2) is 95.9 Å². The molecule has 4 amide bonds. The largest absolute Gasteiger partial charge is 0.343 e. The van der Waals surface area contributed by atoms with Crippen LogP contribution in [-0.2, 0) is 32.5 Å². The second kappa shape index (κ2) is 12.7. The Kier molecular flexibility index (Phi) is 8.77. The number of benzene rings is 4. The lowest BCUT2D eigenvalue weighted by molar-refractivity contribution is -0.141. The van der Waals surface area contributed by atoms with E-state index in [4.69, 9.17) is 0 Å². The van der Waals surface area contributed by atoms with Gasteiger partial charge in [-0.25, -0.2) is 17.9 Å². The van der Waals surface area contributed by atoms with Crippen LogP contribution < -0.4 is 14.9 Å². The average molecular weight is 599 g/mol. The van der Waals surface area contributed by atoms with Gasteiger partial charge in [0.25, 0.3) is 10.0 Å². The zero-order valence-corrected chi connectivity index (χ0v) is 24.9. The van der Waals surface area contributed by atoms with Crippen LogP contribution >= 0.6 is 0 Å². The van der Waals surface area contributed by atoms with Gasteiger partial charge in [0.2, 0.25) is 11.8 Å². The summed E-state index contributed by atoms with van der Waals surface area (Å²) in [4.78, 5) is 42.9. The molecular formula is C33H34N4O5S. The highest BCUT2D eigenvalue weighted by Crippen LogP contribution is 2.28. The lowest BCUT2D eigenvalue weighted by Gasteiger charge is -2.25.